The molecule has 0 saturated carbocycles. The van der Waals surface area contributed by atoms with Gasteiger partial charge in [0, 0.05) is 37.6 Å². The monoisotopic (exact) mass is 396 g/mol. The highest BCUT2D eigenvalue weighted by Gasteiger charge is 2.32. The normalized spacial score (nSPS) is 15.4. The van der Waals surface area contributed by atoms with E-state index in [0.717, 1.165) is 22.9 Å². The molecule has 12 heteroatoms. The molecule has 28 heavy (non-hydrogen) atoms. The second-order valence-electron chi connectivity index (χ2n) is 5.92. The lowest BCUT2D eigenvalue weighted by Crippen LogP contribution is -2.33. The average molecular weight is 396 g/mol. The van der Waals surface area contributed by atoms with E-state index < -0.39 is 29.0 Å². The molecule has 0 spiro atoms. The summed E-state index contributed by atoms with van der Waals surface area (Å²) >= 11 is 0. The quantitative estimate of drug-likeness (QED) is 0.306. The van der Waals surface area contributed by atoms with E-state index in [9.17, 15) is 24.0 Å². The lowest BCUT2D eigenvalue weighted by molar-refractivity contribution is -0.193. The zero-order valence-electron chi connectivity index (χ0n) is 14.8. The summed E-state index contributed by atoms with van der Waals surface area (Å²) < 4.78 is 6.33. The third-order valence-corrected chi connectivity index (χ3v) is 3.80. The Morgan fingerprint density at radius 1 is 1.29 bits per heavy atom. The number of hydrogen-bond acceptors (Lipinski definition) is 9. The molecule has 1 aromatic rings. The van der Waals surface area contributed by atoms with Crippen molar-refractivity contribution >= 4 is 23.9 Å². The Morgan fingerprint density at radius 2 is 1.96 bits per heavy atom. The van der Waals surface area contributed by atoms with Crippen LogP contribution in [0.4, 0.5) is 0 Å². The summed E-state index contributed by atoms with van der Waals surface area (Å²) in [5.41, 5.74) is 3.88. The molecule has 1 saturated heterocycles. The summed E-state index contributed by atoms with van der Waals surface area (Å²) in [6.07, 6.45) is 2.99. The standard InChI is InChI=1S/C16H20N4O8/c17-5-10(7-21)8-27-9-19-6-11(15(25)18-16(19)26)1-4-14(24)28-20-12(22)2-3-13(20)23/h1,4,6,10,21H,2-3,5,7-9,17H2,(H,18,25,26)/b4-1+/t10-/m0/s1. The SMILES string of the molecule is NC[C@@H](CO)COCn1cc(/C=C/C(=O)ON2C(=O)CCC2=O)c(=O)[nH]c1=O. The number of carbonyl (C=O) groups is 3. The first-order valence-corrected chi connectivity index (χ1v) is 8.34. The van der Waals surface area contributed by atoms with Crippen LogP contribution in [0.3, 0.4) is 0 Å². The Morgan fingerprint density at radius 3 is 2.57 bits per heavy atom. The number of carbonyl (C=O) groups excluding carboxylic acids is 3. The number of aromatic amines is 1. The molecule has 1 aliphatic heterocycles. The summed E-state index contributed by atoms with van der Waals surface area (Å²) in [4.78, 5) is 64.9. The van der Waals surface area contributed by atoms with Gasteiger partial charge in [0.15, 0.2) is 0 Å². The van der Waals surface area contributed by atoms with Gasteiger partial charge in [0.05, 0.1) is 12.2 Å². The number of amides is 2. The van der Waals surface area contributed by atoms with Crippen molar-refractivity contribution in [1.82, 2.24) is 14.6 Å². The Bertz CT molecular complexity index is 867. The molecule has 0 bridgehead atoms. The minimum Gasteiger partial charge on any atom is -0.396 e. The van der Waals surface area contributed by atoms with Crippen LogP contribution < -0.4 is 17.0 Å². The number of nitrogens with zero attached hydrogens (tertiary/aromatic N) is 2. The van der Waals surface area contributed by atoms with E-state index >= 15 is 0 Å². The molecule has 1 aromatic heterocycles. The van der Waals surface area contributed by atoms with E-state index in [1.165, 1.54) is 0 Å². The molecule has 1 fully saturated rings. The topological polar surface area (TPSA) is 174 Å². The fraction of sp³-hybridized carbons (Fsp3) is 0.438. The van der Waals surface area contributed by atoms with Gasteiger partial charge < -0.3 is 20.4 Å². The molecule has 0 unspecified atom stereocenters. The van der Waals surface area contributed by atoms with E-state index in [1.807, 2.05) is 0 Å². The molecular weight excluding hydrogens is 376 g/mol. The Balaban J connectivity index is 2.04. The zero-order chi connectivity index (χ0) is 20.7. The molecule has 1 atom stereocenters. The zero-order valence-corrected chi connectivity index (χ0v) is 14.8. The lowest BCUT2D eigenvalue weighted by atomic mass is 10.2. The van der Waals surface area contributed by atoms with E-state index in [2.05, 4.69) is 9.82 Å². The largest absolute Gasteiger partial charge is 0.396 e. The smallest absolute Gasteiger partial charge is 0.356 e. The molecule has 0 aromatic carbocycles. The van der Waals surface area contributed by atoms with Gasteiger partial charge in [-0.25, -0.2) is 9.59 Å². The number of aliphatic hydroxyl groups is 1. The van der Waals surface area contributed by atoms with Crippen LogP contribution in [0.15, 0.2) is 21.9 Å². The first-order chi connectivity index (χ1) is 13.3. The van der Waals surface area contributed by atoms with Crippen LogP contribution >= 0.6 is 0 Å². The van der Waals surface area contributed by atoms with E-state index in [-0.39, 0.29) is 50.8 Å². The minimum absolute atomic E-state index is 0.0399. The van der Waals surface area contributed by atoms with Gasteiger partial charge in [-0.05, 0) is 12.6 Å². The van der Waals surface area contributed by atoms with Crippen LogP contribution in [-0.4, -0.2) is 57.3 Å². The maximum atomic E-state index is 11.8. The van der Waals surface area contributed by atoms with Gasteiger partial charge in [0.1, 0.15) is 6.73 Å². The highest BCUT2D eigenvalue weighted by atomic mass is 16.7. The maximum Gasteiger partial charge on any atom is 0.356 e. The molecule has 4 N–H and O–H groups in total. The van der Waals surface area contributed by atoms with Crippen molar-refractivity contribution in [2.75, 3.05) is 19.8 Å². The van der Waals surface area contributed by atoms with Gasteiger partial charge in [-0.3, -0.25) is 23.9 Å². The summed E-state index contributed by atoms with van der Waals surface area (Å²) in [5, 5.41) is 9.42. The lowest BCUT2D eigenvalue weighted by Gasteiger charge is -2.13. The second kappa shape index (κ2) is 9.73. The first-order valence-electron chi connectivity index (χ1n) is 8.34. The average Bonchev–Trinajstić information content (AvgIpc) is 2.97. The number of aliphatic hydroxyl groups excluding tert-OH is 1. The van der Waals surface area contributed by atoms with Gasteiger partial charge >= 0.3 is 11.7 Å². The van der Waals surface area contributed by atoms with Gasteiger partial charge in [-0.15, -0.1) is 5.06 Å². The van der Waals surface area contributed by atoms with Gasteiger partial charge in [0.2, 0.25) is 0 Å². The summed E-state index contributed by atoms with van der Waals surface area (Å²) in [6, 6.07) is 0. The van der Waals surface area contributed by atoms with Gasteiger partial charge in [0.25, 0.3) is 17.4 Å². The number of H-pyrrole nitrogens is 1. The van der Waals surface area contributed by atoms with Crippen LogP contribution in [0, 0.1) is 5.92 Å². The van der Waals surface area contributed by atoms with Crippen molar-refractivity contribution in [2.24, 2.45) is 11.7 Å². The number of imide groups is 1. The first kappa shape index (κ1) is 21.2. The molecule has 2 amide bonds. The maximum absolute atomic E-state index is 11.8. The van der Waals surface area contributed by atoms with Crippen molar-refractivity contribution in [3.8, 4) is 0 Å². The van der Waals surface area contributed by atoms with Crippen LogP contribution in [0.5, 0.6) is 0 Å². The second-order valence-corrected chi connectivity index (χ2v) is 5.92. The number of aromatic nitrogens is 2. The fourth-order valence-corrected chi connectivity index (χ4v) is 2.19. The molecule has 2 rings (SSSR count). The van der Waals surface area contributed by atoms with Crippen LogP contribution in [-0.2, 0) is 30.7 Å². The number of nitrogens with one attached hydrogen (secondary N) is 1. The fourth-order valence-electron chi connectivity index (χ4n) is 2.19. The van der Waals surface area contributed by atoms with Crippen molar-refractivity contribution < 1.29 is 29.1 Å². The Kier molecular flexibility index (Phi) is 7.37. The van der Waals surface area contributed by atoms with Gasteiger partial charge in [-0.2, -0.15) is 0 Å². The Labute approximate surface area is 158 Å². The highest BCUT2D eigenvalue weighted by Crippen LogP contribution is 2.12. The molecule has 0 aliphatic carbocycles. The van der Waals surface area contributed by atoms with E-state index in [4.69, 9.17) is 15.6 Å². The van der Waals surface area contributed by atoms with Crippen molar-refractivity contribution in [2.45, 2.75) is 19.6 Å². The van der Waals surface area contributed by atoms with E-state index in [1.54, 1.807) is 0 Å². The Hall–Kier alpha value is -3.09. The third kappa shape index (κ3) is 5.45. The number of nitrogens with two attached hydrogens (primary N) is 1. The van der Waals surface area contributed by atoms with Crippen molar-refractivity contribution in [3.63, 3.8) is 0 Å². The number of ether oxygens (including phenoxy) is 1. The predicted molar refractivity (Wildman–Crippen MR) is 93.1 cm³/mol. The van der Waals surface area contributed by atoms with Gasteiger partial charge in [-0.1, -0.05) is 0 Å². The van der Waals surface area contributed by atoms with Crippen LogP contribution in [0.1, 0.15) is 18.4 Å². The summed E-state index contributed by atoms with van der Waals surface area (Å²) in [6.45, 7) is -0.0770. The predicted octanol–water partition coefficient (Wildman–Crippen LogP) is -2.30. The minimum atomic E-state index is -1.04. The number of hydroxylamine groups is 2. The molecule has 2 heterocycles. The van der Waals surface area contributed by atoms with Crippen LogP contribution in [0.25, 0.3) is 6.08 Å². The van der Waals surface area contributed by atoms with Crippen molar-refractivity contribution in [3.05, 3.63) is 38.7 Å². The highest BCUT2D eigenvalue weighted by molar-refractivity contribution is 6.02. The number of rotatable bonds is 9. The van der Waals surface area contributed by atoms with Crippen LogP contribution in [0.2, 0.25) is 0 Å². The molecule has 0 radical (unpaired) electrons. The van der Waals surface area contributed by atoms with E-state index in [0.29, 0.717) is 5.06 Å². The third-order valence-electron chi connectivity index (χ3n) is 3.80. The summed E-state index contributed by atoms with van der Waals surface area (Å²) in [5.74, 6) is -2.59. The molecule has 12 nitrogen and oxygen atoms in total. The van der Waals surface area contributed by atoms with Crippen molar-refractivity contribution in [1.29, 1.82) is 0 Å². The summed E-state index contributed by atoms with van der Waals surface area (Å²) in [7, 11) is 0. The molecular formula is C16H20N4O8. The molecule has 1 aliphatic rings. The molecule has 152 valence electrons. The number of hydrogen-bond donors (Lipinski definition) is 3.